The van der Waals surface area contributed by atoms with Crippen LogP contribution in [-0.2, 0) is 0 Å². The lowest BCUT2D eigenvalue weighted by Crippen LogP contribution is -1.91. The Morgan fingerprint density at radius 2 is 1.87 bits per heavy atom. The molecule has 0 bridgehead atoms. The molecule has 0 N–H and O–H groups in total. The number of rotatable bonds is 1. The summed E-state index contributed by atoms with van der Waals surface area (Å²) in [5, 5.41) is 0.846. The smallest absolute Gasteiger partial charge is 0.163 e. The molecule has 0 fully saturated rings. The van der Waals surface area contributed by atoms with Crippen LogP contribution < -0.4 is 0 Å². The number of hydrogen-bond donors (Lipinski definition) is 0. The Morgan fingerprint density at radius 1 is 1.20 bits per heavy atom. The zero-order chi connectivity index (χ0) is 11.0. The monoisotopic (exact) mass is 239 g/mol. The van der Waals surface area contributed by atoms with Crippen molar-refractivity contribution in [3.63, 3.8) is 0 Å². The standard InChI is InChI=1S/C11H7Cl2NO/c1-6(15)10-8-4-2-7(12)3-5-9(8)14-11(10)13/h2-5H,1H3. The van der Waals surface area contributed by atoms with Gasteiger partial charge in [0.25, 0.3) is 0 Å². The Bertz CT molecular complexity index is 510. The van der Waals surface area contributed by atoms with Gasteiger partial charge >= 0.3 is 0 Å². The van der Waals surface area contributed by atoms with Crippen LogP contribution in [0.25, 0.3) is 11.3 Å². The first kappa shape index (κ1) is 10.4. The van der Waals surface area contributed by atoms with E-state index in [1.165, 1.54) is 6.92 Å². The molecular weight excluding hydrogens is 233 g/mol. The van der Waals surface area contributed by atoms with Crippen molar-refractivity contribution in [3.8, 4) is 11.3 Å². The van der Waals surface area contributed by atoms with Crippen LogP contribution in [0.2, 0.25) is 10.2 Å². The van der Waals surface area contributed by atoms with Crippen LogP contribution in [-0.4, -0.2) is 10.8 Å². The molecule has 2 rings (SSSR count). The summed E-state index contributed by atoms with van der Waals surface area (Å²) in [6.07, 6.45) is 0. The molecule has 0 saturated heterocycles. The predicted molar refractivity (Wildman–Crippen MR) is 60.9 cm³/mol. The number of fused-ring (bicyclic) bond motifs is 1. The van der Waals surface area contributed by atoms with Gasteiger partial charge in [-0.3, -0.25) is 4.79 Å². The second-order valence-electron chi connectivity index (χ2n) is 3.18. The third kappa shape index (κ3) is 1.83. The highest BCUT2D eigenvalue weighted by Crippen LogP contribution is 2.31. The first-order valence-electron chi connectivity index (χ1n) is 4.35. The van der Waals surface area contributed by atoms with Crippen molar-refractivity contribution >= 4 is 29.0 Å². The van der Waals surface area contributed by atoms with Crippen molar-refractivity contribution in [1.29, 1.82) is 0 Å². The van der Waals surface area contributed by atoms with E-state index in [0.717, 1.165) is 5.56 Å². The van der Waals surface area contributed by atoms with Crippen LogP contribution >= 0.6 is 23.2 Å². The van der Waals surface area contributed by atoms with Crippen molar-refractivity contribution in [2.75, 3.05) is 0 Å². The zero-order valence-electron chi connectivity index (χ0n) is 7.92. The van der Waals surface area contributed by atoms with Crippen molar-refractivity contribution in [3.05, 3.63) is 40.0 Å². The molecule has 0 saturated carbocycles. The molecule has 1 aliphatic carbocycles. The average Bonchev–Trinajstić information content (AvgIpc) is 2.38. The van der Waals surface area contributed by atoms with Gasteiger partial charge in [-0.25, -0.2) is 4.98 Å². The molecule has 0 aromatic rings. The third-order valence-corrected chi connectivity index (χ3v) is 2.66. The van der Waals surface area contributed by atoms with Gasteiger partial charge in [-0.05, 0) is 25.1 Å². The van der Waals surface area contributed by atoms with E-state index < -0.39 is 0 Å². The first-order chi connectivity index (χ1) is 7.09. The molecule has 1 heterocycles. The molecular formula is C11H7Cl2NO. The topological polar surface area (TPSA) is 30.0 Å². The quantitative estimate of drug-likeness (QED) is 0.711. The number of hydrogen-bond acceptors (Lipinski definition) is 2. The van der Waals surface area contributed by atoms with E-state index in [9.17, 15) is 4.79 Å². The normalized spacial score (nSPS) is 10.6. The molecule has 15 heavy (non-hydrogen) atoms. The summed E-state index contributed by atoms with van der Waals surface area (Å²) in [4.78, 5) is 15.5. The maximum Gasteiger partial charge on any atom is 0.163 e. The Hall–Kier alpha value is -1.12. The summed E-state index contributed by atoms with van der Waals surface area (Å²) in [5.74, 6) is -0.0928. The van der Waals surface area contributed by atoms with Gasteiger partial charge in [0.15, 0.2) is 5.78 Å². The van der Waals surface area contributed by atoms with Crippen LogP contribution in [0.3, 0.4) is 0 Å². The fourth-order valence-corrected chi connectivity index (χ4v) is 1.92. The van der Waals surface area contributed by atoms with Gasteiger partial charge in [0.1, 0.15) is 5.15 Å². The van der Waals surface area contributed by atoms with Gasteiger partial charge in [-0.1, -0.05) is 29.3 Å². The van der Waals surface area contributed by atoms with E-state index in [0.29, 0.717) is 16.3 Å². The van der Waals surface area contributed by atoms with Gasteiger partial charge in [0, 0.05) is 10.6 Å². The highest BCUT2D eigenvalue weighted by Gasteiger charge is 2.18. The first-order valence-corrected chi connectivity index (χ1v) is 5.11. The molecule has 0 spiro atoms. The van der Waals surface area contributed by atoms with E-state index in [2.05, 4.69) is 4.98 Å². The summed E-state index contributed by atoms with van der Waals surface area (Å²) < 4.78 is 0. The van der Waals surface area contributed by atoms with Crippen LogP contribution in [0.1, 0.15) is 17.3 Å². The predicted octanol–water partition coefficient (Wildman–Crippen LogP) is 3.70. The highest BCUT2D eigenvalue weighted by molar-refractivity contribution is 6.34. The van der Waals surface area contributed by atoms with Crippen molar-refractivity contribution < 1.29 is 4.79 Å². The van der Waals surface area contributed by atoms with Crippen LogP contribution in [0.4, 0.5) is 0 Å². The number of ketones is 1. The molecule has 1 aliphatic heterocycles. The van der Waals surface area contributed by atoms with Crippen molar-refractivity contribution in [2.45, 2.75) is 6.92 Å². The van der Waals surface area contributed by atoms with Gasteiger partial charge in [-0.15, -0.1) is 0 Å². The SMILES string of the molecule is CC(=O)c1c2ccc(Cl)ccc-2nc1Cl. The summed E-state index contributed by atoms with van der Waals surface area (Å²) in [7, 11) is 0. The second kappa shape index (κ2) is 3.80. The Kier molecular flexibility index (Phi) is 2.63. The number of halogens is 2. The van der Waals surface area contributed by atoms with E-state index in [1.54, 1.807) is 24.3 Å². The summed E-state index contributed by atoms with van der Waals surface area (Å²) in [6.45, 7) is 1.47. The van der Waals surface area contributed by atoms with Gasteiger partial charge < -0.3 is 0 Å². The molecule has 0 atom stereocenters. The number of nitrogens with zero attached hydrogens (tertiary/aromatic N) is 1. The second-order valence-corrected chi connectivity index (χ2v) is 3.98. The maximum absolute atomic E-state index is 11.4. The average molecular weight is 240 g/mol. The molecule has 0 aromatic carbocycles. The van der Waals surface area contributed by atoms with E-state index in [1.807, 2.05) is 0 Å². The number of carbonyl (C=O) groups excluding carboxylic acids is 1. The van der Waals surface area contributed by atoms with E-state index in [4.69, 9.17) is 23.2 Å². The molecule has 0 aromatic heterocycles. The van der Waals surface area contributed by atoms with E-state index in [-0.39, 0.29) is 10.9 Å². The molecule has 2 aliphatic rings. The minimum atomic E-state index is -0.0928. The number of carbonyl (C=O) groups is 1. The summed E-state index contributed by atoms with van der Waals surface area (Å²) in [6, 6.07) is 6.94. The third-order valence-electron chi connectivity index (χ3n) is 2.13. The van der Waals surface area contributed by atoms with E-state index >= 15 is 0 Å². The molecule has 0 unspecified atom stereocenters. The lowest BCUT2D eigenvalue weighted by molar-refractivity contribution is 0.101. The molecule has 0 amide bonds. The molecule has 76 valence electrons. The van der Waals surface area contributed by atoms with Gasteiger partial charge in [-0.2, -0.15) is 0 Å². The minimum absolute atomic E-state index is 0.0928. The molecule has 2 nitrogen and oxygen atoms in total. The van der Waals surface area contributed by atoms with Gasteiger partial charge in [0.05, 0.1) is 11.3 Å². The minimum Gasteiger partial charge on any atom is -0.294 e. The number of aromatic nitrogens is 1. The van der Waals surface area contributed by atoms with Crippen LogP contribution in [0.5, 0.6) is 0 Å². The fraction of sp³-hybridized carbons (Fsp3) is 0.0909. The Balaban J connectivity index is 2.77. The summed E-state index contributed by atoms with van der Waals surface area (Å²) in [5.41, 5.74) is 1.87. The van der Waals surface area contributed by atoms with Gasteiger partial charge in [0.2, 0.25) is 0 Å². The summed E-state index contributed by atoms with van der Waals surface area (Å²) >= 11 is 11.7. The lowest BCUT2D eigenvalue weighted by Gasteiger charge is -1.93. The Labute approximate surface area is 97.2 Å². The largest absolute Gasteiger partial charge is 0.294 e. The van der Waals surface area contributed by atoms with Crippen molar-refractivity contribution in [1.82, 2.24) is 4.98 Å². The highest BCUT2D eigenvalue weighted by atomic mass is 35.5. The maximum atomic E-state index is 11.4. The lowest BCUT2D eigenvalue weighted by atomic mass is 10.1. The number of Topliss-reactive ketones (excluding diaryl/α,β-unsaturated/α-hetero) is 1. The van der Waals surface area contributed by atoms with Crippen LogP contribution in [0.15, 0.2) is 24.3 Å². The Morgan fingerprint density at radius 3 is 2.53 bits per heavy atom. The zero-order valence-corrected chi connectivity index (χ0v) is 9.43. The van der Waals surface area contributed by atoms with Crippen molar-refractivity contribution in [2.24, 2.45) is 0 Å². The van der Waals surface area contributed by atoms with Crippen LogP contribution in [0, 0.1) is 0 Å². The molecule has 0 radical (unpaired) electrons. The molecule has 4 heteroatoms. The fourth-order valence-electron chi connectivity index (χ4n) is 1.47.